The van der Waals surface area contributed by atoms with Crippen LogP contribution in [-0.2, 0) is 4.79 Å². The van der Waals surface area contributed by atoms with Gasteiger partial charge in [0.1, 0.15) is 18.1 Å². The first-order valence-corrected chi connectivity index (χ1v) is 10.9. The van der Waals surface area contributed by atoms with Gasteiger partial charge in [-0.25, -0.2) is 4.99 Å². The number of carbonyl (C=O) groups excluding carboxylic acids is 1. The highest BCUT2D eigenvalue weighted by Gasteiger charge is 2.18. The highest BCUT2D eigenvalue weighted by Crippen LogP contribution is 2.19. The van der Waals surface area contributed by atoms with Gasteiger partial charge in [-0.1, -0.05) is 0 Å². The number of likely N-dealkylation sites (N-methyl/N-ethyl adjacent to an activating group) is 1. The van der Waals surface area contributed by atoms with Crippen LogP contribution in [0.2, 0.25) is 0 Å². The van der Waals surface area contributed by atoms with Gasteiger partial charge in [-0.05, 0) is 85.1 Å². The van der Waals surface area contributed by atoms with E-state index in [1.54, 1.807) is 6.26 Å². The third-order valence-electron chi connectivity index (χ3n) is 4.34. The van der Waals surface area contributed by atoms with E-state index in [-0.39, 0.29) is 54.1 Å². The molecule has 8 nitrogen and oxygen atoms in total. The number of benzene rings is 1. The van der Waals surface area contributed by atoms with Gasteiger partial charge in [-0.2, -0.15) is 0 Å². The van der Waals surface area contributed by atoms with Crippen molar-refractivity contribution in [2.75, 3.05) is 32.5 Å². The first-order chi connectivity index (χ1) is 15.0. The van der Waals surface area contributed by atoms with E-state index in [9.17, 15) is 4.79 Å². The van der Waals surface area contributed by atoms with Crippen molar-refractivity contribution in [3.63, 3.8) is 0 Å². The van der Waals surface area contributed by atoms with E-state index in [2.05, 4.69) is 25.8 Å². The molecular weight excluding hydrogens is 533 g/mol. The van der Waals surface area contributed by atoms with Crippen LogP contribution in [0.4, 0.5) is 5.69 Å². The Hall–Kier alpha value is -2.27. The molecule has 1 unspecified atom stereocenters. The van der Waals surface area contributed by atoms with Gasteiger partial charge in [0.15, 0.2) is 5.96 Å². The molecule has 0 fully saturated rings. The third kappa shape index (κ3) is 10.9. The van der Waals surface area contributed by atoms with E-state index in [0.29, 0.717) is 12.5 Å². The molecule has 0 radical (unpaired) electrons. The minimum atomic E-state index is -0.310. The van der Waals surface area contributed by atoms with E-state index in [4.69, 9.17) is 9.15 Å². The minimum Gasteiger partial charge on any atom is -0.491 e. The number of hydrogen-bond donors (Lipinski definition) is 3. The first kappa shape index (κ1) is 28.8. The number of amides is 1. The monoisotopic (exact) mass is 571 g/mol. The van der Waals surface area contributed by atoms with Crippen LogP contribution in [0.1, 0.15) is 46.4 Å². The van der Waals surface area contributed by atoms with Crippen molar-refractivity contribution in [2.45, 2.75) is 52.3 Å². The molecule has 1 aromatic carbocycles. The molecule has 2 rings (SSSR count). The molecule has 0 aliphatic rings. The average molecular weight is 572 g/mol. The molecule has 2 aromatic rings. The first-order valence-electron chi connectivity index (χ1n) is 10.9. The Morgan fingerprint density at radius 1 is 1.15 bits per heavy atom. The average Bonchev–Trinajstić information content (AvgIpc) is 3.20. The minimum absolute atomic E-state index is 0. The Kier molecular flexibility index (Phi) is 11.7. The molecule has 0 saturated heterocycles. The Morgan fingerprint density at radius 2 is 1.82 bits per heavy atom. The Morgan fingerprint density at radius 3 is 2.33 bits per heavy atom. The van der Waals surface area contributed by atoms with E-state index < -0.39 is 0 Å². The third-order valence-corrected chi connectivity index (χ3v) is 4.34. The number of aliphatic imine (C=N–C) groups is 1. The molecule has 0 bridgehead atoms. The van der Waals surface area contributed by atoms with Crippen molar-refractivity contribution in [2.24, 2.45) is 4.99 Å². The molecule has 1 amide bonds. The predicted molar refractivity (Wildman–Crippen MR) is 145 cm³/mol. The molecular formula is C24H38IN5O3. The van der Waals surface area contributed by atoms with Gasteiger partial charge in [0.25, 0.3) is 0 Å². The van der Waals surface area contributed by atoms with Crippen molar-refractivity contribution in [1.82, 2.24) is 15.5 Å². The quantitative estimate of drug-likeness (QED) is 0.237. The van der Waals surface area contributed by atoms with Gasteiger partial charge in [0.05, 0.1) is 18.4 Å². The fourth-order valence-corrected chi connectivity index (χ4v) is 2.99. The normalized spacial score (nSPS) is 12.8. The summed E-state index contributed by atoms with van der Waals surface area (Å²) >= 11 is 0. The summed E-state index contributed by atoms with van der Waals surface area (Å²) in [4.78, 5) is 18.8. The maximum Gasteiger partial charge on any atom is 0.242 e. The molecule has 0 aliphatic heterocycles. The summed E-state index contributed by atoms with van der Waals surface area (Å²) in [5.74, 6) is 2.01. The lowest BCUT2D eigenvalue weighted by molar-refractivity contribution is -0.121. The highest BCUT2D eigenvalue weighted by atomic mass is 127. The van der Waals surface area contributed by atoms with Gasteiger partial charge in [-0.3, -0.25) is 9.69 Å². The number of nitrogens with one attached hydrogen (secondary N) is 3. The van der Waals surface area contributed by atoms with Crippen LogP contribution in [0.3, 0.4) is 0 Å². The summed E-state index contributed by atoms with van der Waals surface area (Å²) in [5, 5.41) is 9.53. The number of furan rings is 1. The van der Waals surface area contributed by atoms with Gasteiger partial charge in [0.2, 0.25) is 5.91 Å². The zero-order valence-corrected chi connectivity index (χ0v) is 23.0. The molecule has 1 atom stereocenters. The lowest BCUT2D eigenvalue weighted by Gasteiger charge is -2.24. The van der Waals surface area contributed by atoms with Crippen LogP contribution in [0, 0.1) is 0 Å². The summed E-state index contributed by atoms with van der Waals surface area (Å²) in [6, 6.07) is 11.5. The maximum absolute atomic E-state index is 12.3. The standard InChI is InChI=1S/C24H37N5O3.HI/c1-17(2)32-19-12-10-18(11-13-19)27-23(26-16-22(30)28-24(3,4)5)25-15-20(29(6)7)21-9-8-14-31-21;/h8-14,17,20H,15-16H2,1-7H3,(H,28,30)(H2,25,26,27);1H. The summed E-state index contributed by atoms with van der Waals surface area (Å²) < 4.78 is 11.3. The Bertz CT molecular complexity index is 859. The van der Waals surface area contributed by atoms with Crippen LogP contribution in [-0.4, -0.2) is 55.6 Å². The lowest BCUT2D eigenvalue weighted by Crippen LogP contribution is -2.43. The van der Waals surface area contributed by atoms with Crippen molar-refractivity contribution in [3.8, 4) is 5.75 Å². The van der Waals surface area contributed by atoms with Crippen LogP contribution in [0.25, 0.3) is 0 Å². The number of rotatable bonds is 9. The Balaban J connectivity index is 0.00000544. The topological polar surface area (TPSA) is 91.1 Å². The number of nitrogens with zero attached hydrogens (tertiary/aromatic N) is 2. The fourth-order valence-electron chi connectivity index (χ4n) is 2.99. The number of guanidine groups is 1. The fraction of sp³-hybridized carbons (Fsp3) is 0.500. The largest absolute Gasteiger partial charge is 0.491 e. The highest BCUT2D eigenvalue weighted by molar-refractivity contribution is 14.0. The number of anilines is 1. The van der Waals surface area contributed by atoms with Gasteiger partial charge in [-0.15, -0.1) is 24.0 Å². The lowest BCUT2D eigenvalue weighted by atomic mass is 10.1. The molecule has 184 valence electrons. The van der Waals surface area contributed by atoms with E-state index in [1.165, 1.54) is 0 Å². The van der Waals surface area contributed by atoms with Crippen molar-refractivity contribution in [1.29, 1.82) is 0 Å². The molecule has 0 saturated carbocycles. The van der Waals surface area contributed by atoms with Crippen molar-refractivity contribution < 1.29 is 13.9 Å². The van der Waals surface area contributed by atoms with E-state index in [0.717, 1.165) is 17.2 Å². The van der Waals surface area contributed by atoms with Crippen molar-refractivity contribution >= 4 is 41.5 Å². The molecule has 0 spiro atoms. The number of hydrogen-bond acceptors (Lipinski definition) is 5. The summed E-state index contributed by atoms with van der Waals surface area (Å²) in [6.45, 7) is 10.4. The Labute approximate surface area is 214 Å². The molecule has 3 N–H and O–H groups in total. The van der Waals surface area contributed by atoms with Gasteiger partial charge >= 0.3 is 0 Å². The molecule has 9 heteroatoms. The number of ether oxygens (including phenoxy) is 1. The van der Waals surface area contributed by atoms with Crippen LogP contribution < -0.4 is 20.7 Å². The van der Waals surface area contributed by atoms with Crippen LogP contribution in [0.5, 0.6) is 5.75 Å². The summed E-state index contributed by atoms with van der Waals surface area (Å²) in [7, 11) is 3.98. The second kappa shape index (κ2) is 13.4. The predicted octanol–water partition coefficient (Wildman–Crippen LogP) is 4.26. The maximum atomic E-state index is 12.3. The number of carbonyl (C=O) groups is 1. The second-order valence-corrected chi connectivity index (χ2v) is 9.15. The molecule has 33 heavy (non-hydrogen) atoms. The van der Waals surface area contributed by atoms with Gasteiger partial charge < -0.3 is 25.1 Å². The molecule has 1 heterocycles. The molecule has 1 aromatic heterocycles. The van der Waals surface area contributed by atoms with Crippen LogP contribution >= 0.6 is 24.0 Å². The van der Waals surface area contributed by atoms with Gasteiger partial charge in [0, 0.05) is 17.8 Å². The molecule has 0 aliphatic carbocycles. The van der Waals surface area contributed by atoms with Crippen molar-refractivity contribution in [3.05, 3.63) is 48.4 Å². The smallest absolute Gasteiger partial charge is 0.242 e. The SMILES string of the molecule is CC(C)Oc1ccc(NC(=NCC(=O)NC(C)(C)C)NCC(c2ccco2)N(C)C)cc1.I. The zero-order valence-electron chi connectivity index (χ0n) is 20.6. The van der Waals surface area contributed by atoms with E-state index >= 15 is 0 Å². The zero-order chi connectivity index (χ0) is 23.7. The number of halogens is 1. The summed E-state index contributed by atoms with van der Waals surface area (Å²) in [5.41, 5.74) is 0.526. The van der Waals surface area contributed by atoms with Crippen LogP contribution in [0.15, 0.2) is 52.1 Å². The second-order valence-electron chi connectivity index (χ2n) is 9.15. The summed E-state index contributed by atoms with van der Waals surface area (Å²) in [6.07, 6.45) is 1.77. The van der Waals surface area contributed by atoms with E-state index in [1.807, 2.05) is 85.1 Å².